The maximum Gasteiger partial charge on any atom is 0.631 e. The Kier molecular flexibility index (Phi) is 8.89. The summed E-state index contributed by atoms with van der Waals surface area (Å²) in [5, 5.41) is 21.5. The van der Waals surface area contributed by atoms with Gasteiger partial charge in [0.05, 0.1) is 0 Å². The summed E-state index contributed by atoms with van der Waals surface area (Å²) >= 11 is 0. The standard InChI is InChI=1S/C5H11NS3.BH3O3/c1-6(2)5-3-7-9-8-4-5;2-1(3)4/h5H,3-4H2,1-2H3;2-4H. The van der Waals surface area contributed by atoms with Crippen molar-refractivity contribution in [3.8, 4) is 0 Å². The number of hydrogen-bond acceptors (Lipinski definition) is 7. The molecule has 0 atom stereocenters. The van der Waals surface area contributed by atoms with E-state index in [4.69, 9.17) is 15.1 Å². The van der Waals surface area contributed by atoms with E-state index in [-0.39, 0.29) is 0 Å². The van der Waals surface area contributed by atoms with Crippen LogP contribution < -0.4 is 0 Å². The molecule has 1 heterocycles. The van der Waals surface area contributed by atoms with Crippen molar-refractivity contribution in [2.24, 2.45) is 0 Å². The Hall–Kier alpha value is 0.955. The molecule has 8 heteroatoms. The van der Waals surface area contributed by atoms with E-state index in [0.29, 0.717) is 0 Å². The molecule has 1 aliphatic heterocycles. The lowest BCUT2D eigenvalue weighted by Crippen LogP contribution is -2.33. The third kappa shape index (κ3) is 9.26. The summed E-state index contributed by atoms with van der Waals surface area (Å²) in [5.41, 5.74) is 0. The first-order chi connectivity index (χ1) is 6.04. The Labute approximate surface area is 90.4 Å². The van der Waals surface area contributed by atoms with E-state index in [1.54, 1.807) is 0 Å². The lowest BCUT2D eigenvalue weighted by molar-refractivity contribution is 0.278. The van der Waals surface area contributed by atoms with Crippen molar-refractivity contribution in [3.63, 3.8) is 0 Å². The van der Waals surface area contributed by atoms with Gasteiger partial charge in [-0.15, -0.1) is 0 Å². The molecular weight excluding hydrogens is 229 g/mol. The third-order valence-electron chi connectivity index (χ3n) is 1.35. The van der Waals surface area contributed by atoms with Crippen molar-refractivity contribution < 1.29 is 15.1 Å². The molecular formula is C5H14BNO3S3. The fraction of sp³-hybridized carbons (Fsp3) is 1.00. The average molecular weight is 243 g/mol. The molecule has 0 amide bonds. The lowest BCUT2D eigenvalue weighted by atomic mass is 10.3. The van der Waals surface area contributed by atoms with Gasteiger partial charge in [0.25, 0.3) is 0 Å². The highest BCUT2D eigenvalue weighted by Crippen LogP contribution is 2.40. The fourth-order valence-corrected chi connectivity index (χ4v) is 5.16. The first-order valence-corrected chi connectivity index (χ1v) is 7.48. The first kappa shape index (κ1) is 14.0. The molecule has 1 saturated heterocycles. The molecule has 0 aromatic heterocycles. The van der Waals surface area contributed by atoms with Crippen LogP contribution in [0.1, 0.15) is 0 Å². The van der Waals surface area contributed by atoms with Gasteiger partial charge in [0.2, 0.25) is 0 Å². The van der Waals surface area contributed by atoms with Crippen LogP contribution in [0.25, 0.3) is 0 Å². The van der Waals surface area contributed by atoms with E-state index in [0.717, 1.165) is 6.04 Å². The normalized spacial score (nSPS) is 18.0. The molecule has 4 nitrogen and oxygen atoms in total. The van der Waals surface area contributed by atoms with Crippen LogP contribution in [0.3, 0.4) is 0 Å². The van der Waals surface area contributed by atoms with Gasteiger partial charge in [-0.1, -0.05) is 21.6 Å². The highest BCUT2D eigenvalue weighted by atomic mass is 33.5. The van der Waals surface area contributed by atoms with E-state index < -0.39 is 7.32 Å². The second-order valence-corrected chi connectivity index (χ2v) is 6.92. The minimum atomic E-state index is -2.17. The van der Waals surface area contributed by atoms with Crippen LogP contribution in [-0.4, -0.2) is 58.9 Å². The summed E-state index contributed by atoms with van der Waals surface area (Å²) < 4.78 is 0. The predicted molar refractivity (Wildman–Crippen MR) is 62.4 cm³/mol. The molecule has 0 aliphatic carbocycles. The monoisotopic (exact) mass is 243 g/mol. The topological polar surface area (TPSA) is 63.9 Å². The zero-order valence-corrected chi connectivity index (χ0v) is 10.0. The quantitative estimate of drug-likeness (QED) is 0.439. The zero-order valence-electron chi connectivity index (χ0n) is 7.58. The van der Waals surface area contributed by atoms with Gasteiger partial charge in [0.1, 0.15) is 0 Å². The lowest BCUT2D eigenvalue weighted by Gasteiger charge is -2.25. The maximum atomic E-state index is 7.17. The minimum absolute atomic E-state index is 0.793. The smallest absolute Gasteiger partial charge is 0.402 e. The molecule has 0 bridgehead atoms. The molecule has 1 fully saturated rings. The second-order valence-electron chi connectivity index (χ2n) is 2.60. The van der Waals surface area contributed by atoms with Gasteiger partial charge in [0, 0.05) is 17.5 Å². The van der Waals surface area contributed by atoms with Crippen LogP contribution in [0.2, 0.25) is 0 Å². The Morgan fingerprint density at radius 3 is 1.77 bits per heavy atom. The van der Waals surface area contributed by atoms with Gasteiger partial charge in [-0.2, -0.15) is 0 Å². The second kappa shape index (κ2) is 8.28. The Balaban J connectivity index is 0.000000310. The summed E-state index contributed by atoms with van der Waals surface area (Å²) in [7, 11) is 8.00. The Morgan fingerprint density at radius 2 is 1.54 bits per heavy atom. The minimum Gasteiger partial charge on any atom is -0.402 e. The van der Waals surface area contributed by atoms with E-state index >= 15 is 0 Å². The number of rotatable bonds is 1. The molecule has 78 valence electrons. The summed E-state index contributed by atoms with van der Waals surface area (Å²) in [5.74, 6) is 2.56. The van der Waals surface area contributed by atoms with Crippen LogP contribution in [0.15, 0.2) is 0 Å². The van der Waals surface area contributed by atoms with Gasteiger partial charge in [-0.25, -0.2) is 0 Å². The molecule has 0 saturated carbocycles. The van der Waals surface area contributed by atoms with Crippen molar-refractivity contribution in [1.82, 2.24) is 4.90 Å². The van der Waals surface area contributed by atoms with Gasteiger partial charge in [-0.05, 0) is 23.9 Å². The third-order valence-corrected chi connectivity index (χ3v) is 5.71. The van der Waals surface area contributed by atoms with E-state index in [9.17, 15) is 0 Å². The summed E-state index contributed by atoms with van der Waals surface area (Å²) in [6.07, 6.45) is 0. The predicted octanol–water partition coefficient (Wildman–Crippen LogP) is -0.0920. The number of hydrogen-bond donors (Lipinski definition) is 3. The van der Waals surface area contributed by atoms with Gasteiger partial charge < -0.3 is 20.0 Å². The van der Waals surface area contributed by atoms with Crippen LogP contribution in [0.4, 0.5) is 0 Å². The summed E-state index contributed by atoms with van der Waals surface area (Å²) in [6, 6.07) is 0.793. The van der Waals surface area contributed by atoms with E-state index in [2.05, 4.69) is 19.0 Å². The molecule has 0 aromatic carbocycles. The van der Waals surface area contributed by atoms with Gasteiger partial charge >= 0.3 is 7.32 Å². The highest BCUT2D eigenvalue weighted by Gasteiger charge is 2.15. The molecule has 0 spiro atoms. The maximum absolute atomic E-state index is 7.17. The summed E-state index contributed by atoms with van der Waals surface area (Å²) in [4.78, 5) is 2.31. The molecule has 1 rings (SSSR count). The van der Waals surface area contributed by atoms with Crippen molar-refractivity contribution >= 4 is 38.7 Å². The van der Waals surface area contributed by atoms with Gasteiger partial charge in [-0.3, -0.25) is 0 Å². The molecule has 3 N–H and O–H groups in total. The molecule has 0 aromatic rings. The Morgan fingerprint density at radius 1 is 1.15 bits per heavy atom. The van der Waals surface area contributed by atoms with Crippen LogP contribution in [0, 0.1) is 0 Å². The van der Waals surface area contributed by atoms with Crippen LogP contribution in [-0.2, 0) is 0 Å². The molecule has 13 heavy (non-hydrogen) atoms. The average Bonchev–Trinajstić information content (AvgIpc) is 2.05. The fourth-order valence-electron chi connectivity index (χ4n) is 0.593. The van der Waals surface area contributed by atoms with Crippen molar-refractivity contribution in [2.75, 3.05) is 25.6 Å². The van der Waals surface area contributed by atoms with Crippen molar-refractivity contribution in [2.45, 2.75) is 6.04 Å². The first-order valence-electron chi connectivity index (χ1n) is 3.65. The van der Waals surface area contributed by atoms with Crippen LogP contribution >= 0.6 is 31.4 Å². The van der Waals surface area contributed by atoms with E-state index in [1.165, 1.54) is 11.5 Å². The van der Waals surface area contributed by atoms with Crippen LogP contribution in [0.5, 0.6) is 0 Å². The van der Waals surface area contributed by atoms with Crippen molar-refractivity contribution in [1.29, 1.82) is 0 Å². The number of nitrogens with zero attached hydrogens (tertiary/aromatic N) is 1. The van der Waals surface area contributed by atoms with Crippen molar-refractivity contribution in [3.05, 3.63) is 0 Å². The SMILES string of the molecule is CN(C)C1CSSSC1.OB(O)O. The highest BCUT2D eigenvalue weighted by molar-refractivity contribution is 9.09. The van der Waals surface area contributed by atoms with Gasteiger partial charge in [0.15, 0.2) is 0 Å². The summed E-state index contributed by atoms with van der Waals surface area (Å²) in [6.45, 7) is 0. The molecule has 1 aliphatic rings. The largest absolute Gasteiger partial charge is 0.631 e. The zero-order chi connectivity index (χ0) is 10.3. The molecule has 0 unspecified atom stereocenters. The Bertz CT molecular complexity index is 121. The molecule has 0 radical (unpaired) electrons. The van der Waals surface area contributed by atoms with E-state index in [1.807, 2.05) is 31.4 Å².